The first-order valence-corrected chi connectivity index (χ1v) is 13.1. The number of nitro benzene ring substituents is 1. The van der Waals surface area contributed by atoms with Crippen molar-refractivity contribution in [1.29, 1.82) is 0 Å². The highest BCUT2D eigenvalue weighted by molar-refractivity contribution is 14.1. The van der Waals surface area contributed by atoms with Gasteiger partial charge in [0.15, 0.2) is 17.2 Å². The number of carbonyl (C=O) groups is 1. The molecule has 3 aromatic rings. The van der Waals surface area contributed by atoms with Crippen LogP contribution in [0.1, 0.15) is 23.6 Å². The Balaban J connectivity index is 1.65. The molecule has 1 heterocycles. The Morgan fingerprint density at radius 2 is 1.89 bits per heavy atom. The van der Waals surface area contributed by atoms with Gasteiger partial charge in [-0.25, -0.2) is 9.79 Å². The average Bonchev–Trinajstić information content (AvgIpc) is 3.19. The first-order chi connectivity index (χ1) is 17.3. The molecule has 184 valence electrons. The van der Waals surface area contributed by atoms with Gasteiger partial charge in [-0.2, -0.15) is 0 Å². The monoisotopic (exact) mass is 730 g/mol. The summed E-state index contributed by atoms with van der Waals surface area (Å²) in [5.41, 5.74) is 1.69. The molecule has 1 aliphatic heterocycles. The highest BCUT2D eigenvalue weighted by atomic mass is 127. The van der Waals surface area contributed by atoms with Crippen molar-refractivity contribution >= 4 is 80.4 Å². The second-order valence-corrected chi connectivity index (χ2v) is 10.1. The van der Waals surface area contributed by atoms with Crippen LogP contribution in [-0.2, 0) is 16.1 Å². The summed E-state index contributed by atoms with van der Waals surface area (Å²) in [5, 5.41) is 11.3. The van der Waals surface area contributed by atoms with Crippen molar-refractivity contribution < 1.29 is 23.9 Å². The first-order valence-electron chi connectivity index (χ1n) is 10.6. The first kappa shape index (κ1) is 26.4. The Morgan fingerprint density at radius 1 is 1.11 bits per heavy atom. The Hall–Kier alpha value is -2.71. The minimum atomic E-state index is -0.695. The lowest BCUT2D eigenvalue weighted by Crippen LogP contribution is -2.06. The van der Waals surface area contributed by atoms with Crippen LogP contribution < -0.4 is 9.47 Å². The fraction of sp³-hybridized carbons (Fsp3) is 0.120. The molecule has 0 radical (unpaired) electrons. The molecule has 0 spiro atoms. The number of non-ortho nitro benzene ring substituents is 1. The smallest absolute Gasteiger partial charge is 0.363 e. The molecule has 8 nitrogen and oxygen atoms in total. The van der Waals surface area contributed by atoms with Crippen molar-refractivity contribution in [2.75, 3.05) is 6.61 Å². The molecule has 0 atom stereocenters. The SMILES string of the molecule is CCOc1cc(/C=C2\N=C(c3cc([N+](=O)[O-])ccc3Cl)OC2=O)cc(I)c1OCc1ccccc1I. The van der Waals surface area contributed by atoms with E-state index in [1.54, 1.807) is 12.1 Å². The van der Waals surface area contributed by atoms with Crippen LogP contribution in [0.5, 0.6) is 11.5 Å². The van der Waals surface area contributed by atoms with Crippen LogP contribution >= 0.6 is 56.8 Å². The number of ether oxygens (including phenoxy) is 3. The molecule has 0 amide bonds. The highest BCUT2D eigenvalue weighted by Gasteiger charge is 2.27. The number of esters is 1. The third-order valence-electron chi connectivity index (χ3n) is 4.98. The van der Waals surface area contributed by atoms with E-state index in [-0.39, 0.29) is 27.9 Å². The summed E-state index contributed by atoms with van der Waals surface area (Å²) >= 11 is 10.6. The molecular weight excluding hydrogens is 714 g/mol. The summed E-state index contributed by atoms with van der Waals surface area (Å²) in [6, 6.07) is 15.4. The van der Waals surface area contributed by atoms with Gasteiger partial charge >= 0.3 is 5.97 Å². The van der Waals surface area contributed by atoms with Gasteiger partial charge in [-0.3, -0.25) is 10.1 Å². The lowest BCUT2D eigenvalue weighted by molar-refractivity contribution is -0.384. The molecular formula is C25H17ClI2N2O6. The second kappa shape index (κ2) is 11.6. The van der Waals surface area contributed by atoms with Gasteiger partial charge in [0, 0.05) is 21.3 Å². The Kier molecular flexibility index (Phi) is 8.46. The van der Waals surface area contributed by atoms with Gasteiger partial charge in [0.05, 0.1) is 25.7 Å². The molecule has 0 unspecified atom stereocenters. The third kappa shape index (κ3) is 5.98. The molecule has 4 rings (SSSR count). The number of aliphatic imine (C=N–C) groups is 1. The van der Waals surface area contributed by atoms with E-state index in [9.17, 15) is 14.9 Å². The van der Waals surface area contributed by atoms with Gasteiger partial charge in [0.25, 0.3) is 5.69 Å². The standard InChI is InChI=1S/C25H17ClI2N2O6/c1-2-34-22-11-14(9-20(28)23(22)35-13-15-5-3-4-6-19(15)27)10-21-25(31)36-24(29-21)17-12-16(30(32)33)7-8-18(17)26/h3-12H,2,13H2,1H3/b21-10-. The Labute approximate surface area is 238 Å². The summed E-state index contributed by atoms with van der Waals surface area (Å²) in [7, 11) is 0. The van der Waals surface area contributed by atoms with Crippen molar-refractivity contribution in [2.45, 2.75) is 13.5 Å². The summed E-state index contributed by atoms with van der Waals surface area (Å²) in [5.74, 6) is 0.330. The maximum absolute atomic E-state index is 12.5. The minimum absolute atomic E-state index is 0.0262. The van der Waals surface area contributed by atoms with E-state index in [1.807, 2.05) is 37.3 Å². The average molecular weight is 731 g/mol. The van der Waals surface area contributed by atoms with E-state index in [4.69, 9.17) is 25.8 Å². The number of cyclic esters (lactones) is 1. The predicted molar refractivity (Wildman–Crippen MR) is 153 cm³/mol. The zero-order valence-corrected chi connectivity index (χ0v) is 23.7. The normalized spacial score (nSPS) is 13.9. The van der Waals surface area contributed by atoms with Crippen LogP contribution in [0, 0.1) is 17.3 Å². The summed E-state index contributed by atoms with van der Waals surface area (Å²) < 4.78 is 19.1. The second-order valence-electron chi connectivity index (χ2n) is 7.40. The lowest BCUT2D eigenvalue weighted by Gasteiger charge is -2.15. The topological polar surface area (TPSA) is 100 Å². The summed E-state index contributed by atoms with van der Waals surface area (Å²) in [6.45, 7) is 2.67. The number of rotatable bonds is 8. The Bertz CT molecular complexity index is 1420. The molecule has 0 aromatic heterocycles. The van der Waals surface area contributed by atoms with Crippen LogP contribution in [0.15, 0.2) is 65.3 Å². The van der Waals surface area contributed by atoms with Gasteiger partial charge in [-0.05, 0) is 88.0 Å². The largest absolute Gasteiger partial charge is 0.490 e. The predicted octanol–water partition coefficient (Wildman–Crippen LogP) is 6.78. The van der Waals surface area contributed by atoms with Crippen LogP contribution in [-0.4, -0.2) is 23.4 Å². The van der Waals surface area contributed by atoms with Crippen molar-refractivity contribution in [2.24, 2.45) is 4.99 Å². The number of benzene rings is 3. The lowest BCUT2D eigenvalue weighted by atomic mass is 10.1. The zero-order chi connectivity index (χ0) is 25.8. The number of nitrogens with zero attached hydrogens (tertiary/aromatic N) is 2. The van der Waals surface area contributed by atoms with E-state index in [2.05, 4.69) is 50.2 Å². The molecule has 36 heavy (non-hydrogen) atoms. The van der Waals surface area contributed by atoms with Gasteiger partial charge in [-0.1, -0.05) is 29.8 Å². The molecule has 0 saturated carbocycles. The van der Waals surface area contributed by atoms with Crippen LogP contribution in [0.25, 0.3) is 6.08 Å². The van der Waals surface area contributed by atoms with Gasteiger partial charge in [0.1, 0.15) is 6.61 Å². The fourth-order valence-corrected chi connectivity index (χ4v) is 4.84. The molecule has 3 aromatic carbocycles. The third-order valence-corrected chi connectivity index (χ3v) is 7.16. The number of carbonyl (C=O) groups excluding carboxylic acids is 1. The van der Waals surface area contributed by atoms with E-state index < -0.39 is 10.9 Å². The van der Waals surface area contributed by atoms with Crippen molar-refractivity contribution in [3.63, 3.8) is 0 Å². The maximum atomic E-state index is 12.5. The van der Waals surface area contributed by atoms with Crippen molar-refractivity contribution in [1.82, 2.24) is 0 Å². The zero-order valence-electron chi connectivity index (χ0n) is 18.7. The summed E-state index contributed by atoms with van der Waals surface area (Å²) in [4.78, 5) is 27.3. The van der Waals surface area contributed by atoms with Gasteiger partial charge in [0.2, 0.25) is 5.90 Å². The van der Waals surface area contributed by atoms with Crippen molar-refractivity contribution in [3.05, 3.63) is 99.3 Å². The molecule has 1 aliphatic rings. The molecule has 0 bridgehead atoms. The van der Waals surface area contributed by atoms with E-state index in [0.717, 1.165) is 12.7 Å². The molecule has 0 N–H and O–H groups in total. The van der Waals surface area contributed by atoms with E-state index in [0.29, 0.717) is 30.3 Å². The quantitative estimate of drug-likeness (QED) is 0.0834. The van der Waals surface area contributed by atoms with Crippen molar-refractivity contribution in [3.8, 4) is 11.5 Å². The van der Waals surface area contributed by atoms with E-state index in [1.165, 1.54) is 18.2 Å². The maximum Gasteiger partial charge on any atom is 0.363 e. The molecule has 0 fully saturated rings. The van der Waals surface area contributed by atoms with E-state index >= 15 is 0 Å². The number of hydrogen-bond donors (Lipinski definition) is 0. The Morgan fingerprint density at radius 3 is 2.61 bits per heavy atom. The number of nitro groups is 1. The van der Waals surface area contributed by atoms with Gasteiger partial charge in [-0.15, -0.1) is 0 Å². The summed E-state index contributed by atoms with van der Waals surface area (Å²) in [6.07, 6.45) is 1.55. The highest BCUT2D eigenvalue weighted by Crippen LogP contribution is 2.36. The molecule has 0 aliphatic carbocycles. The molecule has 11 heteroatoms. The number of hydrogen-bond acceptors (Lipinski definition) is 7. The number of halogens is 3. The minimum Gasteiger partial charge on any atom is -0.490 e. The van der Waals surface area contributed by atoms with Crippen LogP contribution in [0.4, 0.5) is 5.69 Å². The molecule has 0 saturated heterocycles. The fourth-order valence-electron chi connectivity index (χ4n) is 3.31. The van der Waals surface area contributed by atoms with Crippen LogP contribution in [0.3, 0.4) is 0 Å². The van der Waals surface area contributed by atoms with Crippen LogP contribution in [0.2, 0.25) is 5.02 Å². The van der Waals surface area contributed by atoms with Gasteiger partial charge < -0.3 is 14.2 Å².